The number of anilines is 1. The fourth-order valence-corrected chi connectivity index (χ4v) is 3.37. The predicted octanol–water partition coefficient (Wildman–Crippen LogP) is 3.14. The van der Waals surface area contributed by atoms with Crippen molar-refractivity contribution in [2.45, 2.75) is 13.3 Å². The Balaban J connectivity index is 0.00000243. The zero-order valence-electron chi connectivity index (χ0n) is 15.6. The summed E-state index contributed by atoms with van der Waals surface area (Å²) in [4.78, 5) is 17.3. The van der Waals surface area contributed by atoms with E-state index in [-0.39, 0.29) is 18.3 Å². The maximum absolute atomic E-state index is 13.0. The fourth-order valence-electron chi connectivity index (χ4n) is 3.37. The van der Waals surface area contributed by atoms with Crippen LogP contribution in [-0.4, -0.2) is 50.6 Å². The molecule has 0 radical (unpaired) electrons. The van der Waals surface area contributed by atoms with Crippen LogP contribution in [0, 0.1) is 6.92 Å². The van der Waals surface area contributed by atoms with Crippen LogP contribution >= 0.6 is 12.4 Å². The highest BCUT2D eigenvalue weighted by Gasteiger charge is 2.23. The average Bonchev–Trinajstić information content (AvgIpc) is 2.66. The van der Waals surface area contributed by atoms with Crippen molar-refractivity contribution in [1.82, 2.24) is 10.2 Å². The lowest BCUT2D eigenvalue weighted by Gasteiger charge is -2.36. The number of benzene rings is 2. The third-order valence-electron chi connectivity index (χ3n) is 4.83. The second kappa shape index (κ2) is 9.60. The van der Waals surface area contributed by atoms with Gasteiger partial charge < -0.3 is 15.1 Å². The summed E-state index contributed by atoms with van der Waals surface area (Å²) in [5.74, 6) is 0.163. The van der Waals surface area contributed by atoms with Crippen molar-refractivity contribution >= 4 is 24.0 Å². The molecule has 1 aliphatic rings. The lowest BCUT2D eigenvalue weighted by Crippen LogP contribution is -2.49. The van der Waals surface area contributed by atoms with Crippen LogP contribution in [0.5, 0.6) is 0 Å². The van der Waals surface area contributed by atoms with Gasteiger partial charge in [0.15, 0.2) is 0 Å². The minimum absolute atomic E-state index is 0. The predicted molar refractivity (Wildman–Crippen MR) is 111 cm³/mol. The quantitative estimate of drug-likeness (QED) is 0.874. The van der Waals surface area contributed by atoms with E-state index in [1.807, 2.05) is 30.1 Å². The Bertz CT molecular complexity index is 727. The zero-order chi connectivity index (χ0) is 17.6. The highest BCUT2D eigenvalue weighted by molar-refractivity contribution is 5.95. The molecule has 1 aliphatic heterocycles. The largest absolute Gasteiger partial charge is 0.368 e. The maximum atomic E-state index is 13.0. The summed E-state index contributed by atoms with van der Waals surface area (Å²) in [7, 11) is 1.94. The lowest BCUT2D eigenvalue weighted by atomic mass is 10.0. The number of piperazine rings is 1. The highest BCUT2D eigenvalue weighted by atomic mass is 35.5. The van der Waals surface area contributed by atoms with E-state index in [4.69, 9.17) is 0 Å². The molecule has 0 spiro atoms. The lowest BCUT2D eigenvalue weighted by molar-refractivity contribution is 0.0745. The van der Waals surface area contributed by atoms with Gasteiger partial charge in [0.05, 0.1) is 0 Å². The monoisotopic (exact) mass is 373 g/mol. The van der Waals surface area contributed by atoms with Gasteiger partial charge in [-0.1, -0.05) is 30.3 Å². The Morgan fingerprint density at radius 3 is 2.46 bits per heavy atom. The third kappa shape index (κ3) is 4.77. The maximum Gasteiger partial charge on any atom is 0.254 e. The van der Waals surface area contributed by atoms with Crippen LogP contribution in [0.1, 0.15) is 21.5 Å². The van der Waals surface area contributed by atoms with E-state index in [2.05, 4.69) is 47.5 Å². The molecule has 1 saturated heterocycles. The molecule has 0 aliphatic carbocycles. The molecule has 26 heavy (non-hydrogen) atoms. The standard InChI is InChI=1S/C21H27N3O.ClH/c1-17-6-5-8-19(16-17)23-12-14-24(15-13-23)21(25)20-9-4-3-7-18(20)10-11-22-2;/h3-9,16,22H,10-15H2,1-2H3;1H. The molecular formula is C21H28ClN3O. The van der Waals surface area contributed by atoms with E-state index in [1.165, 1.54) is 11.3 Å². The zero-order valence-corrected chi connectivity index (χ0v) is 16.4. The number of carbonyl (C=O) groups is 1. The molecule has 0 atom stereocenters. The summed E-state index contributed by atoms with van der Waals surface area (Å²) in [5.41, 5.74) is 4.50. The number of carbonyl (C=O) groups excluding carboxylic acids is 1. The van der Waals surface area contributed by atoms with Crippen LogP contribution in [0.2, 0.25) is 0 Å². The van der Waals surface area contributed by atoms with E-state index >= 15 is 0 Å². The molecule has 1 heterocycles. The first-order chi connectivity index (χ1) is 12.2. The van der Waals surface area contributed by atoms with E-state index in [0.29, 0.717) is 0 Å². The molecular weight excluding hydrogens is 346 g/mol. The van der Waals surface area contributed by atoms with Gasteiger partial charge in [0.1, 0.15) is 0 Å². The SMILES string of the molecule is CNCCc1ccccc1C(=O)N1CCN(c2cccc(C)c2)CC1.Cl. The molecule has 2 aromatic carbocycles. The summed E-state index contributed by atoms with van der Waals surface area (Å²) < 4.78 is 0. The Hall–Kier alpha value is -2.04. The number of hydrogen-bond donors (Lipinski definition) is 1. The van der Waals surface area contributed by atoms with Crippen molar-refractivity contribution in [2.24, 2.45) is 0 Å². The number of aryl methyl sites for hydroxylation is 1. The van der Waals surface area contributed by atoms with Crippen LogP contribution in [0.4, 0.5) is 5.69 Å². The second-order valence-corrected chi connectivity index (χ2v) is 6.63. The van der Waals surface area contributed by atoms with Gasteiger partial charge in [-0.15, -0.1) is 12.4 Å². The Morgan fingerprint density at radius 1 is 1.04 bits per heavy atom. The van der Waals surface area contributed by atoms with Gasteiger partial charge in [-0.05, 0) is 56.3 Å². The van der Waals surface area contributed by atoms with Crippen molar-refractivity contribution in [3.05, 3.63) is 65.2 Å². The van der Waals surface area contributed by atoms with Gasteiger partial charge in [0.25, 0.3) is 5.91 Å². The van der Waals surface area contributed by atoms with Crippen molar-refractivity contribution in [2.75, 3.05) is 44.7 Å². The molecule has 4 nitrogen and oxygen atoms in total. The van der Waals surface area contributed by atoms with Crippen LogP contribution in [0.15, 0.2) is 48.5 Å². The average molecular weight is 374 g/mol. The van der Waals surface area contributed by atoms with Crippen molar-refractivity contribution in [1.29, 1.82) is 0 Å². The molecule has 5 heteroatoms. The number of likely N-dealkylation sites (N-methyl/N-ethyl adjacent to an activating group) is 1. The van der Waals surface area contributed by atoms with Gasteiger partial charge >= 0.3 is 0 Å². The van der Waals surface area contributed by atoms with Crippen LogP contribution in [0.3, 0.4) is 0 Å². The van der Waals surface area contributed by atoms with E-state index in [0.717, 1.165) is 50.3 Å². The molecule has 1 amide bonds. The van der Waals surface area contributed by atoms with Crippen LogP contribution in [0.25, 0.3) is 0 Å². The Kier molecular flexibility index (Phi) is 7.49. The van der Waals surface area contributed by atoms with E-state index < -0.39 is 0 Å². The van der Waals surface area contributed by atoms with Gasteiger partial charge in [-0.2, -0.15) is 0 Å². The molecule has 0 saturated carbocycles. The van der Waals surface area contributed by atoms with E-state index in [9.17, 15) is 4.79 Å². The number of rotatable bonds is 5. The number of hydrogen-bond acceptors (Lipinski definition) is 3. The molecule has 140 valence electrons. The minimum atomic E-state index is 0. The summed E-state index contributed by atoms with van der Waals surface area (Å²) in [6.07, 6.45) is 0.877. The molecule has 0 aromatic heterocycles. The first kappa shape index (κ1) is 20.3. The number of nitrogens with one attached hydrogen (secondary N) is 1. The highest BCUT2D eigenvalue weighted by Crippen LogP contribution is 2.19. The second-order valence-electron chi connectivity index (χ2n) is 6.63. The molecule has 2 aromatic rings. The van der Waals surface area contributed by atoms with Crippen molar-refractivity contribution < 1.29 is 4.79 Å². The summed E-state index contributed by atoms with van der Waals surface area (Å²) in [6, 6.07) is 16.6. The summed E-state index contributed by atoms with van der Waals surface area (Å²) in [6.45, 7) is 6.30. The van der Waals surface area contributed by atoms with Crippen molar-refractivity contribution in [3.63, 3.8) is 0 Å². The Morgan fingerprint density at radius 2 is 1.77 bits per heavy atom. The Labute approximate surface area is 162 Å². The van der Waals surface area contributed by atoms with Crippen LogP contribution < -0.4 is 10.2 Å². The molecule has 1 fully saturated rings. The van der Waals surface area contributed by atoms with Crippen LogP contribution in [-0.2, 0) is 6.42 Å². The summed E-state index contributed by atoms with van der Waals surface area (Å²) >= 11 is 0. The topological polar surface area (TPSA) is 35.6 Å². The molecule has 1 N–H and O–H groups in total. The van der Waals surface area contributed by atoms with Gasteiger partial charge in [0, 0.05) is 37.4 Å². The van der Waals surface area contributed by atoms with Crippen molar-refractivity contribution in [3.8, 4) is 0 Å². The fraction of sp³-hybridized carbons (Fsp3) is 0.381. The molecule has 0 bridgehead atoms. The first-order valence-corrected chi connectivity index (χ1v) is 9.02. The first-order valence-electron chi connectivity index (χ1n) is 9.02. The van der Waals surface area contributed by atoms with Gasteiger partial charge in [-0.3, -0.25) is 4.79 Å². The third-order valence-corrected chi connectivity index (χ3v) is 4.83. The number of halogens is 1. The molecule has 0 unspecified atom stereocenters. The summed E-state index contributed by atoms with van der Waals surface area (Å²) in [5, 5.41) is 3.16. The number of nitrogens with zero attached hydrogens (tertiary/aromatic N) is 2. The number of amides is 1. The normalized spacial score (nSPS) is 14.1. The van der Waals surface area contributed by atoms with E-state index in [1.54, 1.807) is 0 Å². The smallest absolute Gasteiger partial charge is 0.254 e. The van der Waals surface area contributed by atoms with Gasteiger partial charge in [-0.25, -0.2) is 0 Å². The van der Waals surface area contributed by atoms with Gasteiger partial charge in [0.2, 0.25) is 0 Å². The molecule has 3 rings (SSSR count). The minimum Gasteiger partial charge on any atom is -0.368 e.